The molecule has 2 aromatic carbocycles. The molecule has 0 atom stereocenters. The predicted octanol–water partition coefficient (Wildman–Crippen LogP) is 2.38. The molecule has 0 heterocycles. The first kappa shape index (κ1) is 13.8. The molecule has 2 rings (SSSR count). The summed E-state index contributed by atoms with van der Waals surface area (Å²) in [5.41, 5.74) is 7.96. The fourth-order valence-corrected chi connectivity index (χ4v) is 1.73. The quantitative estimate of drug-likeness (QED) is 0.822. The molecule has 0 bridgehead atoms. The summed E-state index contributed by atoms with van der Waals surface area (Å²) < 4.78 is 0. The van der Waals surface area contributed by atoms with Crippen molar-refractivity contribution in [2.45, 2.75) is 13.8 Å². The maximum Gasteiger partial charge on any atom is 0.269 e. The van der Waals surface area contributed by atoms with E-state index >= 15 is 0 Å². The Balaban J connectivity index is 1.98. The van der Waals surface area contributed by atoms with E-state index in [-0.39, 0.29) is 11.8 Å². The van der Waals surface area contributed by atoms with Crippen molar-refractivity contribution in [1.29, 1.82) is 0 Å². The SMILES string of the molecule is Cc1ccc(C(=O)NNC(=O)c2ccccc2)cc1C. The Morgan fingerprint density at radius 2 is 1.35 bits per heavy atom. The highest BCUT2D eigenvalue weighted by Crippen LogP contribution is 2.09. The van der Waals surface area contributed by atoms with Gasteiger partial charge in [0.25, 0.3) is 11.8 Å². The van der Waals surface area contributed by atoms with Gasteiger partial charge in [-0.25, -0.2) is 0 Å². The van der Waals surface area contributed by atoms with Crippen LogP contribution in [-0.4, -0.2) is 11.8 Å². The molecular formula is C16H16N2O2. The fraction of sp³-hybridized carbons (Fsp3) is 0.125. The van der Waals surface area contributed by atoms with E-state index in [0.29, 0.717) is 11.1 Å². The highest BCUT2D eigenvalue weighted by atomic mass is 16.2. The molecule has 20 heavy (non-hydrogen) atoms. The second kappa shape index (κ2) is 6.02. The van der Waals surface area contributed by atoms with Crippen LogP contribution in [0.4, 0.5) is 0 Å². The number of benzene rings is 2. The van der Waals surface area contributed by atoms with Crippen LogP contribution in [0.2, 0.25) is 0 Å². The van der Waals surface area contributed by atoms with E-state index in [1.165, 1.54) is 0 Å². The fourth-order valence-electron chi connectivity index (χ4n) is 1.73. The molecule has 102 valence electrons. The Hall–Kier alpha value is -2.62. The Morgan fingerprint density at radius 3 is 1.95 bits per heavy atom. The van der Waals surface area contributed by atoms with Crippen LogP contribution in [-0.2, 0) is 0 Å². The second-order valence-corrected chi connectivity index (χ2v) is 4.57. The van der Waals surface area contributed by atoms with Crippen LogP contribution in [0.15, 0.2) is 48.5 Å². The van der Waals surface area contributed by atoms with Crippen molar-refractivity contribution in [1.82, 2.24) is 10.9 Å². The second-order valence-electron chi connectivity index (χ2n) is 4.57. The number of rotatable bonds is 2. The van der Waals surface area contributed by atoms with Gasteiger partial charge in [0.1, 0.15) is 0 Å². The number of hydrazine groups is 1. The number of carbonyl (C=O) groups excluding carboxylic acids is 2. The lowest BCUT2D eigenvalue weighted by molar-refractivity contribution is 0.0846. The summed E-state index contributed by atoms with van der Waals surface area (Å²) in [6.07, 6.45) is 0. The Kier molecular flexibility index (Phi) is 4.15. The van der Waals surface area contributed by atoms with Crippen LogP contribution in [0, 0.1) is 13.8 Å². The molecule has 0 spiro atoms. The molecule has 2 aromatic rings. The Bertz CT molecular complexity index is 636. The molecule has 0 radical (unpaired) electrons. The highest BCUT2D eigenvalue weighted by Gasteiger charge is 2.09. The summed E-state index contributed by atoms with van der Waals surface area (Å²) >= 11 is 0. The van der Waals surface area contributed by atoms with Crippen LogP contribution in [0.1, 0.15) is 31.8 Å². The molecule has 0 unspecified atom stereocenters. The van der Waals surface area contributed by atoms with Gasteiger partial charge < -0.3 is 0 Å². The molecule has 4 nitrogen and oxygen atoms in total. The smallest absolute Gasteiger partial charge is 0.267 e. The van der Waals surface area contributed by atoms with Crippen molar-refractivity contribution >= 4 is 11.8 Å². The van der Waals surface area contributed by atoms with Gasteiger partial charge >= 0.3 is 0 Å². The Labute approximate surface area is 117 Å². The van der Waals surface area contributed by atoms with Gasteiger partial charge in [-0.15, -0.1) is 0 Å². The third-order valence-electron chi connectivity index (χ3n) is 3.09. The molecule has 0 aliphatic rings. The van der Waals surface area contributed by atoms with Crippen LogP contribution in [0.5, 0.6) is 0 Å². The number of amides is 2. The summed E-state index contributed by atoms with van der Waals surface area (Å²) in [6, 6.07) is 14.1. The van der Waals surface area contributed by atoms with E-state index in [1.807, 2.05) is 26.0 Å². The minimum atomic E-state index is -0.345. The van der Waals surface area contributed by atoms with Crippen molar-refractivity contribution in [3.05, 3.63) is 70.8 Å². The Morgan fingerprint density at radius 1 is 0.750 bits per heavy atom. The first-order chi connectivity index (χ1) is 9.58. The largest absolute Gasteiger partial charge is 0.269 e. The van der Waals surface area contributed by atoms with Crippen LogP contribution in [0.25, 0.3) is 0 Å². The zero-order chi connectivity index (χ0) is 14.5. The van der Waals surface area contributed by atoms with E-state index in [9.17, 15) is 9.59 Å². The summed E-state index contributed by atoms with van der Waals surface area (Å²) in [4.78, 5) is 23.7. The molecule has 0 saturated carbocycles. The van der Waals surface area contributed by atoms with Gasteiger partial charge in [0.15, 0.2) is 0 Å². The summed E-state index contributed by atoms with van der Waals surface area (Å²) in [5.74, 6) is -0.680. The van der Waals surface area contributed by atoms with Crippen molar-refractivity contribution in [2.75, 3.05) is 0 Å². The molecule has 4 heteroatoms. The number of nitrogens with one attached hydrogen (secondary N) is 2. The van der Waals surface area contributed by atoms with Crippen molar-refractivity contribution in [3.8, 4) is 0 Å². The average Bonchev–Trinajstić information content (AvgIpc) is 2.48. The standard InChI is InChI=1S/C16H16N2O2/c1-11-8-9-14(10-12(11)2)16(20)18-17-15(19)13-6-4-3-5-7-13/h3-10H,1-2H3,(H,17,19)(H,18,20). The lowest BCUT2D eigenvalue weighted by Gasteiger charge is -2.08. The molecule has 2 N–H and O–H groups in total. The van der Waals surface area contributed by atoms with Gasteiger partial charge in [-0.3, -0.25) is 20.4 Å². The van der Waals surface area contributed by atoms with E-state index in [1.54, 1.807) is 36.4 Å². The first-order valence-corrected chi connectivity index (χ1v) is 6.31. The molecule has 0 aliphatic carbocycles. The number of carbonyl (C=O) groups is 2. The predicted molar refractivity (Wildman–Crippen MR) is 77.3 cm³/mol. The number of aryl methyl sites for hydroxylation is 2. The zero-order valence-corrected chi connectivity index (χ0v) is 11.4. The van der Waals surface area contributed by atoms with E-state index in [2.05, 4.69) is 10.9 Å². The van der Waals surface area contributed by atoms with Crippen molar-refractivity contribution in [2.24, 2.45) is 0 Å². The first-order valence-electron chi connectivity index (χ1n) is 6.31. The number of hydrogen-bond acceptors (Lipinski definition) is 2. The monoisotopic (exact) mass is 268 g/mol. The van der Waals surface area contributed by atoms with Crippen LogP contribution < -0.4 is 10.9 Å². The minimum Gasteiger partial charge on any atom is -0.267 e. The van der Waals surface area contributed by atoms with Gasteiger partial charge in [-0.05, 0) is 49.2 Å². The van der Waals surface area contributed by atoms with Gasteiger partial charge in [-0.1, -0.05) is 24.3 Å². The molecule has 0 fully saturated rings. The van der Waals surface area contributed by atoms with Gasteiger partial charge in [0, 0.05) is 11.1 Å². The van der Waals surface area contributed by atoms with Crippen molar-refractivity contribution < 1.29 is 9.59 Å². The zero-order valence-electron chi connectivity index (χ0n) is 11.4. The molecule has 2 amide bonds. The average molecular weight is 268 g/mol. The molecular weight excluding hydrogens is 252 g/mol. The van der Waals surface area contributed by atoms with Crippen LogP contribution >= 0.6 is 0 Å². The minimum absolute atomic E-state index is 0.336. The van der Waals surface area contributed by atoms with Crippen molar-refractivity contribution in [3.63, 3.8) is 0 Å². The summed E-state index contributed by atoms with van der Waals surface area (Å²) in [6.45, 7) is 3.92. The number of hydrogen-bond donors (Lipinski definition) is 2. The molecule has 0 aliphatic heterocycles. The highest BCUT2D eigenvalue weighted by molar-refractivity contribution is 5.99. The topological polar surface area (TPSA) is 58.2 Å². The maximum atomic E-state index is 11.9. The third-order valence-corrected chi connectivity index (χ3v) is 3.09. The van der Waals surface area contributed by atoms with E-state index < -0.39 is 0 Å². The lowest BCUT2D eigenvalue weighted by atomic mass is 10.1. The summed E-state index contributed by atoms with van der Waals surface area (Å²) in [7, 11) is 0. The summed E-state index contributed by atoms with van der Waals surface area (Å²) in [5, 5.41) is 0. The third kappa shape index (κ3) is 3.23. The van der Waals surface area contributed by atoms with Gasteiger partial charge in [0.05, 0.1) is 0 Å². The maximum absolute atomic E-state index is 11.9. The molecule has 0 saturated heterocycles. The lowest BCUT2D eigenvalue weighted by Crippen LogP contribution is -2.41. The van der Waals surface area contributed by atoms with Gasteiger partial charge in [0.2, 0.25) is 0 Å². The van der Waals surface area contributed by atoms with Crippen LogP contribution in [0.3, 0.4) is 0 Å². The molecule has 0 aromatic heterocycles. The van der Waals surface area contributed by atoms with E-state index in [0.717, 1.165) is 11.1 Å². The normalized spacial score (nSPS) is 9.90. The van der Waals surface area contributed by atoms with Gasteiger partial charge in [-0.2, -0.15) is 0 Å². The van der Waals surface area contributed by atoms with E-state index in [4.69, 9.17) is 0 Å².